The van der Waals surface area contributed by atoms with Gasteiger partial charge in [-0.05, 0) is 61.0 Å². The van der Waals surface area contributed by atoms with Crippen LogP contribution in [0.25, 0.3) is 0 Å². The Kier molecular flexibility index (Phi) is 9.84. The molecule has 7 N–H and O–H groups in total. The number of aliphatic hydroxyl groups excluding tert-OH is 5. The summed E-state index contributed by atoms with van der Waals surface area (Å²) in [5.41, 5.74) is 1.33. The molecule has 0 aliphatic carbocycles. The summed E-state index contributed by atoms with van der Waals surface area (Å²) in [5, 5.41) is 53.4. The van der Waals surface area contributed by atoms with Gasteiger partial charge in [0, 0.05) is 34.9 Å². The maximum Gasteiger partial charge on any atom is 0.268 e. The average Bonchev–Trinajstić information content (AvgIpc) is 3.57. The van der Waals surface area contributed by atoms with Gasteiger partial charge in [0.15, 0.2) is 26.3 Å². The van der Waals surface area contributed by atoms with E-state index in [2.05, 4.69) is 5.32 Å². The molecule has 3 aromatic carbocycles. The molecule has 282 valence electrons. The second-order valence-electron chi connectivity index (χ2n) is 15.0. The minimum atomic E-state index is -3.18. The van der Waals surface area contributed by atoms with Crippen LogP contribution in [0.4, 0.5) is 17.1 Å². The molecule has 0 aromatic heterocycles. The first-order chi connectivity index (χ1) is 25.2. The van der Waals surface area contributed by atoms with Gasteiger partial charge in [0.2, 0.25) is 5.91 Å². The monoisotopic (exact) mass is 747 g/mol. The van der Waals surface area contributed by atoms with Crippen molar-refractivity contribution in [3.05, 3.63) is 89.5 Å². The lowest BCUT2D eigenvalue weighted by Crippen LogP contribution is -2.60. The van der Waals surface area contributed by atoms with Crippen LogP contribution in [0.5, 0.6) is 0 Å². The number of hydrogen-bond donors (Lipinski definition) is 7. The minimum absolute atomic E-state index is 0.149. The molecule has 4 aliphatic heterocycles. The van der Waals surface area contributed by atoms with Crippen LogP contribution in [0.15, 0.2) is 72.8 Å². The molecule has 7 rings (SSSR count). The van der Waals surface area contributed by atoms with E-state index in [1.165, 1.54) is 4.90 Å². The highest BCUT2D eigenvalue weighted by Crippen LogP contribution is 2.61. The lowest BCUT2D eigenvalue weighted by molar-refractivity contribution is -0.274. The molecule has 4 heterocycles. The molecular weight excluding hydrogens is 703 g/mol. The first-order valence-corrected chi connectivity index (χ1v) is 20.8. The van der Waals surface area contributed by atoms with Gasteiger partial charge in [0.25, 0.3) is 11.8 Å². The number of rotatable bonds is 7. The maximum atomic E-state index is 15.0. The molecule has 1 spiro atoms. The van der Waals surface area contributed by atoms with Crippen molar-refractivity contribution in [2.24, 2.45) is 5.92 Å². The molecule has 53 heavy (non-hydrogen) atoms. The van der Waals surface area contributed by atoms with Crippen LogP contribution >= 0.6 is 0 Å². The fourth-order valence-corrected chi connectivity index (χ4v) is 11.3. The Balaban J connectivity index is 1.25. The number of carbonyl (C=O) groups is 3. The van der Waals surface area contributed by atoms with Crippen LogP contribution in [0, 0.1) is 5.92 Å². The van der Waals surface area contributed by atoms with Crippen LogP contribution < -0.4 is 10.2 Å². The number of aliphatic hydroxyl groups is 5. The van der Waals surface area contributed by atoms with Gasteiger partial charge < -0.3 is 50.0 Å². The number of anilines is 3. The van der Waals surface area contributed by atoms with Gasteiger partial charge in [0.05, 0.1) is 30.9 Å². The molecule has 2 fully saturated rings. The van der Waals surface area contributed by atoms with Gasteiger partial charge in [-0.3, -0.25) is 19.3 Å². The van der Waals surface area contributed by atoms with E-state index in [4.69, 9.17) is 9.47 Å². The number of ether oxygens (including phenoxy) is 2. The zero-order chi connectivity index (χ0) is 38.0. The van der Waals surface area contributed by atoms with Gasteiger partial charge in [-0.15, -0.1) is 0 Å². The Morgan fingerprint density at radius 1 is 0.943 bits per heavy atom. The molecule has 0 bridgehead atoms. The summed E-state index contributed by atoms with van der Waals surface area (Å²) in [7, 11) is -3.18. The Morgan fingerprint density at radius 3 is 2.30 bits per heavy atom. The van der Waals surface area contributed by atoms with Crippen LogP contribution in [0.1, 0.15) is 30.0 Å². The normalized spacial score (nSPS) is 32.5. The van der Waals surface area contributed by atoms with E-state index >= 15 is 0 Å². The fourth-order valence-electron chi connectivity index (χ4n) is 8.74. The summed E-state index contributed by atoms with van der Waals surface area (Å²) < 4.78 is 12.0. The molecule has 4 aliphatic rings. The SMILES string of the molecule is C[C@@H]1[C@@H]([Si](C)(C)O)[C@H](CC(=O)N2Cc3ccccc3C[C@H]2CO)O[C@@]12C(=O)N(c1ccccc1)c1ccc(NC(=O)[C@H]3O[C@@H](O)[C@H](O)[C@@H](O)[C@@H]3O)cc12. The number of para-hydroxylation sites is 1. The third-order valence-electron chi connectivity index (χ3n) is 11.3. The molecule has 14 nitrogen and oxygen atoms in total. The zero-order valence-corrected chi connectivity index (χ0v) is 30.6. The molecule has 3 amide bonds. The minimum Gasteiger partial charge on any atom is -0.432 e. The van der Waals surface area contributed by atoms with Crippen molar-refractivity contribution in [3.63, 3.8) is 0 Å². The van der Waals surface area contributed by atoms with Crippen molar-refractivity contribution >= 4 is 43.1 Å². The van der Waals surface area contributed by atoms with Crippen LogP contribution in [0.2, 0.25) is 18.6 Å². The Labute approximate surface area is 307 Å². The summed E-state index contributed by atoms with van der Waals surface area (Å²) in [5.74, 6) is -2.28. The van der Waals surface area contributed by atoms with Crippen LogP contribution in [-0.2, 0) is 42.4 Å². The van der Waals surface area contributed by atoms with E-state index in [0.29, 0.717) is 29.9 Å². The average molecular weight is 748 g/mol. The van der Waals surface area contributed by atoms with Gasteiger partial charge in [-0.25, -0.2) is 0 Å². The van der Waals surface area contributed by atoms with E-state index in [1.807, 2.05) is 37.3 Å². The third kappa shape index (κ3) is 6.29. The highest BCUT2D eigenvalue weighted by atomic mass is 28.4. The highest BCUT2D eigenvalue weighted by molar-refractivity contribution is 6.71. The van der Waals surface area contributed by atoms with E-state index in [1.54, 1.807) is 60.5 Å². The Bertz CT molecular complexity index is 1890. The molecular formula is C38H45N3O11Si. The second kappa shape index (κ2) is 14.0. The van der Waals surface area contributed by atoms with Gasteiger partial charge in [-0.2, -0.15) is 0 Å². The smallest absolute Gasteiger partial charge is 0.268 e. The summed E-state index contributed by atoms with van der Waals surface area (Å²) in [6, 6.07) is 21.0. The van der Waals surface area contributed by atoms with E-state index < -0.39 is 80.0 Å². The van der Waals surface area contributed by atoms with E-state index in [9.17, 15) is 44.7 Å². The summed E-state index contributed by atoms with van der Waals surface area (Å²) in [6.07, 6.45) is -9.72. The molecule has 0 radical (unpaired) electrons. The molecule has 2 saturated heterocycles. The second-order valence-corrected chi connectivity index (χ2v) is 19.0. The van der Waals surface area contributed by atoms with Crippen molar-refractivity contribution in [2.75, 3.05) is 16.8 Å². The number of amides is 3. The quantitative estimate of drug-likeness (QED) is 0.171. The first-order valence-electron chi connectivity index (χ1n) is 17.8. The van der Waals surface area contributed by atoms with Crippen molar-refractivity contribution in [3.8, 4) is 0 Å². The fraction of sp³-hybridized carbons (Fsp3) is 0.447. The standard InChI is InChI=1S/C38H45N3O11Si/c1-20-34(53(2,3)50)28(17-29(43)40-18-22-10-8-7-9-21(22)15-25(40)19-42)52-38(20)26-16-23(39-35(47)33-31(45)30(44)32(46)36(48)51-33)13-14-27(26)41(37(38)49)24-11-5-4-6-12-24/h4-14,16,20,25,28,30-34,36,42,44-46,48,50H,15,17-19H2,1-3H3,(H,39,47)/t20-,25+,28+,30+,31+,32-,33+,34-,36-,38+/m1/s1. The van der Waals surface area contributed by atoms with E-state index in [-0.39, 0.29) is 24.6 Å². The number of nitrogens with zero attached hydrogens (tertiary/aromatic N) is 2. The summed E-state index contributed by atoms with van der Waals surface area (Å²) >= 11 is 0. The maximum absolute atomic E-state index is 15.0. The van der Waals surface area contributed by atoms with Crippen molar-refractivity contribution in [1.29, 1.82) is 0 Å². The zero-order valence-electron chi connectivity index (χ0n) is 29.6. The third-order valence-corrected chi connectivity index (χ3v) is 13.8. The largest absolute Gasteiger partial charge is 0.432 e. The Hall–Kier alpha value is -4.03. The lowest BCUT2D eigenvalue weighted by Gasteiger charge is -2.37. The van der Waals surface area contributed by atoms with Gasteiger partial charge >= 0.3 is 0 Å². The number of carbonyl (C=O) groups excluding carboxylic acids is 3. The molecule has 15 heteroatoms. The molecule has 0 saturated carbocycles. The van der Waals surface area contributed by atoms with Crippen LogP contribution in [0.3, 0.4) is 0 Å². The van der Waals surface area contributed by atoms with Crippen molar-refractivity contribution in [2.45, 2.75) is 93.4 Å². The van der Waals surface area contributed by atoms with Gasteiger partial charge in [0.1, 0.15) is 18.3 Å². The number of fused-ring (bicyclic) bond motifs is 3. The van der Waals surface area contributed by atoms with Crippen molar-refractivity contribution in [1.82, 2.24) is 4.90 Å². The Morgan fingerprint density at radius 2 is 1.62 bits per heavy atom. The number of benzene rings is 3. The van der Waals surface area contributed by atoms with E-state index in [0.717, 1.165) is 11.1 Å². The lowest BCUT2D eigenvalue weighted by atomic mass is 9.82. The first kappa shape index (κ1) is 37.3. The molecule has 0 unspecified atom stereocenters. The highest BCUT2D eigenvalue weighted by Gasteiger charge is 2.67. The topological polar surface area (TPSA) is 210 Å². The summed E-state index contributed by atoms with van der Waals surface area (Å²) in [6.45, 7) is 5.40. The summed E-state index contributed by atoms with van der Waals surface area (Å²) in [4.78, 5) is 57.4. The molecule has 10 atom stereocenters. The number of hydrogen-bond acceptors (Lipinski definition) is 11. The predicted octanol–water partition coefficient (Wildman–Crippen LogP) is 1.24. The van der Waals surface area contributed by atoms with Crippen LogP contribution in [-0.4, -0.2) is 111 Å². The predicted molar refractivity (Wildman–Crippen MR) is 193 cm³/mol. The van der Waals surface area contributed by atoms with Crippen molar-refractivity contribution < 1.29 is 54.2 Å². The number of nitrogens with one attached hydrogen (secondary N) is 1. The molecule has 3 aromatic rings. The van der Waals surface area contributed by atoms with Gasteiger partial charge in [-0.1, -0.05) is 49.4 Å².